The van der Waals surface area contributed by atoms with Crippen molar-refractivity contribution in [3.8, 4) is 5.75 Å². The Morgan fingerprint density at radius 3 is 3.00 bits per heavy atom. The zero-order chi connectivity index (χ0) is 17.2. The molecule has 2 N–H and O–H groups in total. The maximum absolute atomic E-state index is 13.2. The number of benzene rings is 1. The monoisotopic (exact) mass is 333 g/mol. The van der Waals surface area contributed by atoms with Gasteiger partial charge in [-0.15, -0.1) is 0 Å². The molecule has 1 atom stereocenters. The molecule has 0 unspecified atom stereocenters. The average Bonchev–Trinajstić information content (AvgIpc) is 3.10. The number of imidazole rings is 1. The first kappa shape index (κ1) is 16.9. The molecule has 1 aromatic heterocycles. The molecule has 2 aromatic rings. The molecule has 2 heterocycles. The van der Waals surface area contributed by atoms with Gasteiger partial charge in [-0.2, -0.15) is 0 Å². The number of halogens is 1. The summed E-state index contributed by atoms with van der Waals surface area (Å²) in [6.07, 6.45) is 1.51. The molecular formula is C18H24FN3O2. The van der Waals surface area contributed by atoms with Crippen LogP contribution in [0, 0.1) is 12.7 Å². The highest BCUT2D eigenvalue weighted by Crippen LogP contribution is 2.25. The third-order valence-corrected chi connectivity index (χ3v) is 4.46. The number of β-amino-alcohol motifs (C(OH)–C–C–N with tert-alkyl or cyclic N) is 1. The van der Waals surface area contributed by atoms with Crippen LogP contribution in [0.1, 0.15) is 30.6 Å². The minimum atomic E-state index is -0.913. The Labute approximate surface area is 141 Å². The summed E-state index contributed by atoms with van der Waals surface area (Å²) in [5.41, 5.74) is 1.20. The SMILES string of the molecule is CCc1nc(CN2CC[C@@](O)(COc3cccc(F)c3)C2)c(C)[nH]1. The third-order valence-electron chi connectivity index (χ3n) is 4.46. The van der Waals surface area contributed by atoms with Gasteiger partial charge in [0.25, 0.3) is 0 Å². The lowest BCUT2D eigenvalue weighted by molar-refractivity contribution is 0.00320. The van der Waals surface area contributed by atoms with Crippen LogP contribution in [0.3, 0.4) is 0 Å². The van der Waals surface area contributed by atoms with Crippen molar-refractivity contribution in [1.82, 2.24) is 14.9 Å². The number of hydrogen-bond acceptors (Lipinski definition) is 4. The summed E-state index contributed by atoms with van der Waals surface area (Å²) < 4.78 is 18.8. The normalized spacial score (nSPS) is 21.3. The summed E-state index contributed by atoms with van der Waals surface area (Å²) in [5, 5.41) is 10.7. The lowest BCUT2D eigenvalue weighted by atomic mass is 10.1. The number of aromatic amines is 1. The second-order valence-electron chi connectivity index (χ2n) is 6.54. The summed E-state index contributed by atoms with van der Waals surface area (Å²) in [6.45, 7) is 6.28. The van der Waals surface area contributed by atoms with Gasteiger partial charge in [-0.25, -0.2) is 9.37 Å². The number of hydrogen-bond donors (Lipinski definition) is 2. The minimum absolute atomic E-state index is 0.159. The van der Waals surface area contributed by atoms with Gasteiger partial charge in [0.15, 0.2) is 0 Å². The maximum Gasteiger partial charge on any atom is 0.126 e. The van der Waals surface area contributed by atoms with Crippen LogP contribution in [0.4, 0.5) is 4.39 Å². The molecule has 1 fully saturated rings. The van der Waals surface area contributed by atoms with Crippen molar-refractivity contribution in [2.75, 3.05) is 19.7 Å². The largest absolute Gasteiger partial charge is 0.490 e. The van der Waals surface area contributed by atoms with Gasteiger partial charge in [0, 0.05) is 37.8 Å². The Balaban J connectivity index is 1.56. The van der Waals surface area contributed by atoms with E-state index in [0.717, 1.165) is 30.2 Å². The number of rotatable bonds is 6. The van der Waals surface area contributed by atoms with E-state index >= 15 is 0 Å². The molecule has 0 spiro atoms. The molecule has 1 aromatic carbocycles. The van der Waals surface area contributed by atoms with Crippen LogP contribution in [0.5, 0.6) is 5.75 Å². The first-order valence-electron chi connectivity index (χ1n) is 8.35. The van der Waals surface area contributed by atoms with Gasteiger partial charge in [0.05, 0.1) is 5.69 Å². The zero-order valence-electron chi connectivity index (χ0n) is 14.2. The molecule has 1 saturated heterocycles. The molecule has 130 valence electrons. The Morgan fingerprint density at radius 1 is 1.46 bits per heavy atom. The van der Waals surface area contributed by atoms with Crippen molar-refractivity contribution in [1.29, 1.82) is 0 Å². The van der Waals surface area contributed by atoms with Gasteiger partial charge in [0.1, 0.15) is 29.6 Å². The van der Waals surface area contributed by atoms with E-state index in [4.69, 9.17) is 4.74 Å². The minimum Gasteiger partial charge on any atom is -0.490 e. The summed E-state index contributed by atoms with van der Waals surface area (Å²) in [4.78, 5) is 10.0. The second kappa shape index (κ2) is 6.91. The quantitative estimate of drug-likeness (QED) is 0.852. The van der Waals surface area contributed by atoms with Crippen molar-refractivity contribution in [2.24, 2.45) is 0 Å². The fourth-order valence-electron chi connectivity index (χ4n) is 3.06. The fraction of sp³-hybridized carbons (Fsp3) is 0.500. The van der Waals surface area contributed by atoms with Crippen LogP contribution >= 0.6 is 0 Å². The highest BCUT2D eigenvalue weighted by atomic mass is 19.1. The molecule has 0 aliphatic carbocycles. The Bertz CT molecular complexity index is 703. The van der Waals surface area contributed by atoms with Crippen molar-refractivity contribution in [3.63, 3.8) is 0 Å². The van der Waals surface area contributed by atoms with E-state index in [1.165, 1.54) is 12.1 Å². The third kappa shape index (κ3) is 3.94. The molecule has 3 rings (SSSR count). The van der Waals surface area contributed by atoms with Crippen LogP contribution in [0.2, 0.25) is 0 Å². The lowest BCUT2D eigenvalue weighted by Crippen LogP contribution is -2.39. The molecular weight excluding hydrogens is 309 g/mol. The molecule has 6 heteroatoms. The van der Waals surface area contributed by atoms with E-state index in [0.29, 0.717) is 25.3 Å². The predicted molar refractivity (Wildman–Crippen MR) is 89.4 cm³/mol. The molecule has 0 saturated carbocycles. The van der Waals surface area contributed by atoms with Crippen LogP contribution in [-0.2, 0) is 13.0 Å². The van der Waals surface area contributed by atoms with E-state index in [9.17, 15) is 9.50 Å². The number of nitrogens with zero attached hydrogens (tertiary/aromatic N) is 2. The summed E-state index contributed by atoms with van der Waals surface area (Å²) in [7, 11) is 0. The van der Waals surface area contributed by atoms with Crippen molar-refractivity contribution in [3.05, 3.63) is 47.3 Å². The molecule has 0 radical (unpaired) electrons. The van der Waals surface area contributed by atoms with Gasteiger partial charge in [0.2, 0.25) is 0 Å². The zero-order valence-corrected chi connectivity index (χ0v) is 14.2. The summed E-state index contributed by atoms with van der Waals surface area (Å²) in [6, 6.07) is 5.99. The molecule has 0 amide bonds. The van der Waals surface area contributed by atoms with Crippen LogP contribution in [-0.4, -0.2) is 45.3 Å². The Morgan fingerprint density at radius 2 is 2.29 bits per heavy atom. The Hall–Kier alpha value is -1.92. The standard InChI is InChI=1S/C18H24FN3O2/c1-3-17-20-13(2)16(21-17)10-22-8-7-18(23,11-22)12-24-15-6-4-5-14(19)9-15/h4-6,9,23H,3,7-8,10-12H2,1-2H3,(H,20,21)/t18-/m0/s1. The average molecular weight is 333 g/mol. The molecule has 5 nitrogen and oxygen atoms in total. The first-order chi connectivity index (χ1) is 11.5. The van der Waals surface area contributed by atoms with Gasteiger partial charge in [-0.05, 0) is 25.5 Å². The van der Waals surface area contributed by atoms with Crippen molar-refractivity contribution >= 4 is 0 Å². The number of likely N-dealkylation sites (tertiary alicyclic amines) is 1. The van der Waals surface area contributed by atoms with E-state index in [1.807, 2.05) is 6.92 Å². The predicted octanol–water partition coefficient (Wildman–Crippen LogP) is 2.44. The van der Waals surface area contributed by atoms with E-state index < -0.39 is 5.60 Å². The van der Waals surface area contributed by atoms with E-state index in [2.05, 4.69) is 21.8 Å². The lowest BCUT2D eigenvalue weighted by Gasteiger charge is -2.23. The van der Waals surface area contributed by atoms with Crippen LogP contribution in [0.25, 0.3) is 0 Å². The summed E-state index contributed by atoms with van der Waals surface area (Å²) in [5.74, 6) is 1.09. The number of H-pyrrole nitrogens is 1. The number of nitrogens with one attached hydrogen (secondary N) is 1. The maximum atomic E-state index is 13.2. The fourth-order valence-corrected chi connectivity index (χ4v) is 3.06. The highest BCUT2D eigenvalue weighted by Gasteiger charge is 2.37. The van der Waals surface area contributed by atoms with Crippen LogP contribution < -0.4 is 4.74 Å². The van der Waals surface area contributed by atoms with E-state index in [-0.39, 0.29) is 12.4 Å². The number of aromatic nitrogens is 2. The van der Waals surface area contributed by atoms with Crippen LogP contribution in [0.15, 0.2) is 24.3 Å². The smallest absolute Gasteiger partial charge is 0.126 e. The second-order valence-corrected chi connectivity index (χ2v) is 6.54. The summed E-state index contributed by atoms with van der Waals surface area (Å²) >= 11 is 0. The van der Waals surface area contributed by atoms with Crippen molar-refractivity contribution < 1.29 is 14.2 Å². The van der Waals surface area contributed by atoms with Crippen molar-refractivity contribution in [2.45, 2.75) is 38.8 Å². The topological polar surface area (TPSA) is 61.4 Å². The van der Waals surface area contributed by atoms with Gasteiger partial charge in [-0.3, -0.25) is 4.90 Å². The Kier molecular flexibility index (Phi) is 4.87. The molecule has 1 aliphatic rings. The number of aliphatic hydroxyl groups is 1. The van der Waals surface area contributed by atoms with Gasteiger partial charge >= 0.3 is 0 Å². The van der Waals surface area contributed by atoms with E-state index in [1.54, 1.807) is 12.1 Å². The van der Waals surface area contributed by atoms with Gasteiger partial charge < -0.3 is 14.8 Å². The molecule has 0 bridgehead atoms. The molecule has 1 aliphatic heterocycles. The first-order valence-corrected chi connectivity index (χ1v) is 8.35. The molecule has 24 heavy (non-hydrogen) atoms. The number of ether oxygens (including phenoxy) is 1. The highest BCUT2D eigenvalue weighted by molar-refractivity contribution is 5.22. The van der Waals surface area contributed by atoms with Gasteiger partial charge in [-0.1, -0.05) is 13.0 Å². The number of aryl methyl sites for hydroxylation is 2.